The van der Waals surface area contributed by atoms with Gasteiger partial charge in [-0.1, -0.05) is 36.4 Å². The fraction of sp³-hybridized carbons (Fsp3) is 0.150. The fourth-order valence-electron chi connectivity index (χ4n) is 2.75. The second-order valence-electron chi connectivity index (χ2n) is 6.02. The number of amides is 1. The lowest BCUT2D eigenvalue weighted by atomic mass is 10.1. The summed E-state index contributed by atoms with van der Waals surface area (Å²) in [4.78, 5) is 12.2. The lowest BCUT2D eigenvalue weighted by Crippen LogP contribution is -2.29. The molecule has 6 nitrogen and oxygen atoms in total. The molecule has 0 spiro atoms. The van der Waals surface area contributed by atoms with Gasteiger partial charge in [-0.05, 0) is 29.1 Å². The lowest BCUT2D eigenvalue weighted by Gasteiger charge is -2.19. The summed E-state index contributed by atoms with van der Waals surface area (Å²) in [6, 6.07) is 17.0. The SMILES string of the molecule is COc1cc(S(=O)(=O)N[C@H](c2ccccc2)c2cccs2)ccc1NC(C)=O. The van der Waals surface area contributed by atoms with Crippen LogP contribution < -0.4 is 14.8 Å². The van der Waals surface area contributed by atoms with E-state index in [9.17, 15) is 13.2 Å². The Hall–Kier alpha value is -2.68. The highest BCUT2D eigenvalue weighted by Crippen LogP contribution is 2.31. The van der Waals surface area contributed by atoms with Gasteiger partial charge in [0, 0.05) is 17.9 Å². The van der Waals surface area contributed by atoms with Crippen LogP contribution in [0.4, 0.5) is 5.69 Å². The number of carbonyl (C=O) groups is 1. The second kappa shape index (κ2) is 8.55. The van der Waals surface area contributed by atoms with E-state index in [4.69, 9.17) is 4.74 Å². The molecule has 1 amide bonds. The molecule has 0 aliphatic heterocycles. The third-order valence-corrected chi connectivity index (χ3v) is 6.39. The maximum Gasteiger partial charge on any atom is 0.241 e. The number of carbonyl (C=O) groups excluding carboxylic acids is 1. The number of nitrogens with one attached hydrogen (secondary N) is 2. The molecular formula is C20H20N2O4S2. The predicted octanol–water partition coefficient (Wildman–Crippen LogP) is 3.78. The normalized spacial score (nSPS) is 12.4. The predicted molar refractivity (Wildman–Crippen MR) is 110 cm³/mol. The maximum absolute atomic E-state index is 13.1. The van der Waals surface area contributed by atoms with E-state index in [-0.39, 0.29) is 16.6 Å². The second-order valence-corrected chi connectivity index (χ2v) is 8.72. The first-order valence-corrected chi connectivity index (χ1v) is 10.8. The van der Waals surface area contributed by atoms with Crippen molar-refractivity contribution in [3.05, 3.63) is 76.5 Å². The molecule has 0 bridgehead atoms. The van der Waals surface area contributed by atoms with Crippen molar-refractivity contribution in [1.82, 2.24) is 4.72 Å². The molecule has 8 heteroatoms. The van der Waals surface area contributed by atoms with Gasteiger partial charge in [0.25, 0.3) is 0 Å². The van der Waals surface area contributed by atoms with Crippen molar-refractivity contribution in [1.29, 1.82) is 0 Å². The van der Waals surface area contributed by atoms with Crippen molar-refractivity contribution in [3.63, 3.8) is 0 Å². The van der Waals surface area contributed by atoms with E-state index >= 15 is 0 Å². The van der Waals surface area contributed by atoms with Crippen LogP contribution in [0.2, 0.25) is 0 Å². The van der Waals surface area contributed by atoms with E-state index < -0.39 is 16.1 Å². The summed E-state index contributed by atoms with van der Waals surface area (Å²) < 4.78 is 34.1. The largest absolute Gasteiger partial charge is 0.495 e. The van der Waals surface area contributed by atoms with E-state index in [1.807, 2.05) is 47.8 Å². The van der Waals surface area contributed by atoms with E-state index in [0.29, 0.717) is 5.69 Å². The van der Waals surface area contributed by atoms with E-state index in [1.54, 1.807) is 0 Å². The Morgan fingerprint density at radius 3 is 2.43 bits per heavy atom. The molecule has 146 valence electrons. The number of thiophene rings is 1. The molecule has 0 saturated carbocycles. The molecular weight excluding hydrogens is 396 g/mol. The van der Waals surface area contributed by atoms with Gasteiger partial charge in [-0.2, -0.15) is 4.72 Å². The van der Waals surface area contributed by atoms with Crippen molar-refractivity contribution in [2.75, 3.05) is 12.4 Å². The average Bonchev–Trinajstić information content (AvgIpc) is 3.21. The molecule has 3 rings (SSSR count). The first-order valence-electron chi connectivity index (χ1n) is 8.47. The number of hydrogen-bond acceptors (Lipinski definition) is 5. The molecule has 0 saturated heterocycles. The molecule has 1 atom stereocenters. The lowest BCUT2D eigenvalue weighted by molar-refractivity contribution is -0.114. The third kappa shape index (κ3) is 4.59. The van der Waals surface area contributed by atoms with Gasteiger partial charge in [0.05, 0.1) is 23.7 Å². The number of sulfonamides is 1. The maximum atomic E-state index is 13.1. The quantitative estimate of drug-likeness (QED) is 0.614. The number of ether oxygens (including phenoxy) is 1. The number of methoxy groups -OCH3 is 1. The smallest absolute Gasteiger partial charge is 0.241 e. The van der Waals surface area contributed by atoms with Crippen LogP contribution >= 0.6 is 11.3 Å². The highest BCUT2D eigenvalue weighted by molar-refractivity contribution is 7.89. The summed E-state index contributed by atoms with van der Waals surface area (Å²) in [5.41, 5.74) is 1.25. The number of hydrogen-bond donors (Lipinski definition) is 2. The number of benzene rings is 2. The molecule has 0 fully saturated rings. The Labute approximate surface area is 168 Å². The standard InChI is InChI=1S/C20H20N2O4S2/c1-14(23)21-17-11-10-16(13-18(17)26-2)28(24,25)22-20(19-9-6-12-27-19)15-7-4-3-5-8-15/h3-13,20,22H,1-2H3,(H,21,23)/t20-/m1/s1. The molecule has 1 aromatic heterocycles. The van der Waals surface area contributed by atoms with Crippen molar-refractivity contribution >= 4 is 33.0 Å². The summed E-state index contributed by atoms with van der Waals surface area (Å²) in [5, 5.41) is 4.52. The molecule has 3 aromatic rings. The summed E-state index contributed by atoms with van der Waals surface area (Å²) in [5.74, 6) is -0.000621. The van der Waals surface area contributed by atoms with Crippen LogP contribution in [0.5, 0.6) is 5.75 Å². The van der Waals surface area contributed by atoms with Crippen LogP contribution in [0.1, 0.15) is 23.4 Å². The molecule has 0 aliphatic rings. The van der Waals surface area contributed by atoms with Crippen LogP contribution in [0.15, 0.2) is 70.9 Å². The molecule has 0 radical (unpaired) electrons. The van der Waals surface area contributed by atoms with Gasteiger partial charge < -0.3 is 10.1 Å². The molecule has 0 unspecified atom stereocenters. The van der Waals surface area contributed by atoms with Crippen LogP contribution in [-0.4, -0.2) is 21.4 Å². The zero-order chi connectivity index (χ0) is 20.1. The van der Waals surface area contributed by atoms with Gasteiger partial charge in [0.15, 0.2) is 0 Å². The minimum absolute atomic E-state index is 0.0518. The summed E-state index contributed by atoms with van der Waals surface area (Å²) in [6.07, 6.45) is 0. The highest BCUT2D eigenvalue weighted by Gasteiger charge is 2.24. The van der Waals surface area contributed by atoms with Crippen molar-refractivity contribution in [2.24, 2.45) is 0 Å². The van der Waals surface area contributed by atoms with Gasteiger partial charge in [-0.15, -0.1) is 11.3 Å². The Kier molecular flexibility index (Phi) is 6.13. The van der Waals surface area contributed by atoms with E-state index in [0.717, 1.165) is 10.4 Å². The average molecular weight is 417 g/mol. The van der Waals surface area contributed by atoms with Gasteiger partial charge >= 0.3 is 0 Å². The third-order valence-electron chi connectivity index (χ3n) is 4.03. The Balaban J connectivity index is 1.96. The Morgan fingerprint density at radius 2 is 1.82 bits per heavy atom. The van der Waals surface area contributed by atoms with Gasteiger partial charge in [-0.25, -0.2) is 8.42 Å². The van der Waals surface area contributed by atoms with E-state index in [1.165, 1.54) is 43.6 Å². The molecule has 2 N–H and O–H groups in total. The summed E-state index contributed by atoms with van der Waals surface area (Å²) >= 11 is 1.48. The van der Waals surface area contributed by atoms with Crippen LogP contribution in [0, 0.1) is 0 Å². The topological polar surface area (TPSA) is 84.5 Å². The van der Waals surface area contributed by atoms with Crippen molar-refractivity contribution < 1.29 is 17.9 Å². The van der Waals surface area contributed by atoms with Crippen LogP contribution in [0.3, 0.4) is 0 Å². The van der Waals surface area contributed by atoms with Crippen molar-refractivity contribution in [2.45, 2.75) is 17.9 Å². The summed E-state index contributed by atoms with van der Waals surface area (Å²) in [6.45, 7) is 1.37. The molecule has 2 aromatic carbocycles. The Morgan fingerprint density at radius 1 is 1.07 bits per heavy atom. The first kappa shape index (κ1) is 20.1. The van der Waals surface area contributed by atoms with Crippen molar-refractivity contribution in [3.8, 4) is 5.75 Å². The number of rotatable bonds is 7. The number of anilines is 1. The minimum Gasteiger partial charge on any atom is -0.495 e. The molecule has 1 heterocycles. The van der Waals surface area contributed by atoms with Crippen LogP contribution in [-0.2, 0) is 14.8 Å². The van der Waals surface area contributed by atoms with Gasteiger partial charge in [0.2, 0.25) is 15.9 Å². The van der Waals surface area contributed by atoms with E-state index in [2.05, 4.69) is 10.0 Å². The monoisotopic (exact) mass is 416 g/mol. The minimum atomic E-state index is -3.85. The fourth-order valence-corrected chi connectivity index (χ4v) is 4.84. The Bertz CT molecular complexity index is 1050. The zero-order valence-electron chi connectivity index (χ0n) is 15.4. The van der Waals surface area contributed by atoms with Crippen LogP contribution in [0.25, 0.3) is 0 Å². The zero-order valence-corrected chi connectivity index (χ0v) is 17.0. The molecule has 0 aliphatic carbocycles. The van der Waals surface area contributed by atoms with Gasteiger partial charge in [-0.3, -0.25) is 4.79 Å². The first-order chi connectivity index (χ1) is 13.4. The summed E-state index contributed by atoms with van der Waals surface area (Å²) in [7, 11) is -2.43. The highest BCUT2D eigenvalue weighted by atomic mass is 32.2. The molecule has 28 heavy (non-hydrogen) atoms. The van der Waals surface area contributed by atoms with Gasteiger partial charge in [0.1, 0.15) is 5.75 Å².